The maximum atomic E-state index is 13.8. The predicted molar refractivity (Wildman–Crippen MR) is 146 cm³/mol. The van der Waals surface area contributed by atoms with E-state index >= 15 is 0 Å². The average Bonchev–Trinajstić information content (AvgIpc) is 2.91. The third-order valence-corrected chi connectivity index (χ3v) is 9.05. The Kier molecular flexibility index (Phi) is 9.03. The molecule has 1 fully saturated rings. The number of nitrogens with one attached hydrogen (secondary N) is 1. The van der Waals surface area contributed by atoms with Crippen LogP contribution in [0.4, 0.5) is 0 Å². The SMILES string of the molecule is CC[C@@H](c1ccccc1)N(Cc1ccc(C(=O)NC2CCC(O)CC2)cc1)S(=O)(=O)c1ccc(Cl)cc1. The predicted octanol–water partition coefficient (Wildman–Crippen LogP) is 5.72. The van der Waals surface area contributed by atoms with Crippen molar-refractivity contribution >= 4 is 27.5 Å². The fourth-order valence-electron chi connectivity index (χ4n) is 4.82. The average molecular weight is 541 g/mol. The van der Waals surface area contributed by atoms with Crippen molar-refractivity contribution in [1.29, 1.82) is 0 Å². The van der Waals surface area contributed by atoms with Gasteiger partial charge >= 0.3 is 0 Å². The Labute approximate surface area is 224 Å². The van der Waals surface area contributed by atoms with Crippen LogP contribution >= 0.6 is 11.6 Å². The van der Waals surface area contributed by atoms with E-state index in [-0.39, 0.29) is 35.5 Å². The van der Waals surface area contributed by atoms with Gasteiger partial charge < -0.3 is 10.4 Å². The molecule has 1 atom stereocenters. The van der Waals surface area contributed by atoms with Gasteiger partial charge in [-0.05, 0) is 79.6 Å². The summed E-state index contributed by atoms with van der Waals surface area (Å²) in [6.07, 6.45) is 3.24. The molecule has 0 aliphatic heterocycles. The molecule has 0 heterocycles. The van der Waals surface area contributed by atoms with Crippen LogP contribution in [-0.2, 0) is 16.6 Å². The molecule has 0 saturated heterocycles. The summed E-state index contributed by atoms with van der Waals surface area (Å²) >= 11 is 6.01. The van der Waals surface area contributed by atoms with Crippen molar-refractivity contribution < 1.29 is 18.3 Å². The Bertz CT molecular complexity index is 1270. The molecule has 1 amide bonds. The number of aliphatic hydroxyl groups excluding tert-OH is 1. The first kappa shape index (κ1) is 27.3. The van der Waals surface area contributed by atoms with E-state index in [0.29, 0.717) is 29.8 Å². The van der Waals surface area contributed by atoms with Crippen LogP contribution in [0.2, 0.25) is 5.02 Å². The molecule has 0 radical (unpaired) electrons. The van der Waals surface area contributed by atoms with Crippen LogP contribution in [0.15, 0.2) is 83.8 Å². The minimum absolute atomic E-state index is 0.0618. The molecule has 0 aromatic heterocycles. The van der Waals surface area contributed by atoms with Gasteiger partial charge in [0.25, 0.3) is 5.91 Å². The van der Waals surface area contributed by atoms with Gasteiger partial charge in [0.2, 0.25) is 10.0 Å². The van der Waals surface area contributed by atoms with E-state index in [1.807, 2.05) is 49.4 Å². The summed E-state index contributed by atoms with van der Waals surface area (Å²) in [7, 11) is -3.85. The van der Waals surface area contributed by atoms with Crippen molar-refractivity contribution in [3.05, 3.63) is 101 Å². The molecule has 1 aliphatic rings. The second-order valence-electron chi connectivity index (χ2n) is 9.51. The lowest BCUT2D eigenvalue weighted by molar-refractivity contribution is 0.0867. The lowest BCUT2D eigenvalue weighted by atomic mass is 9.93. The maximum Gasteiger partial charge on any atom is 0.251 e. The molecule has 6 nitrogen and oxygen atoms in total. The zero-order chi connectivity index (χ0) is 26.4. The molecule has 37 heavy (non-hydrogen) atoms. The van der Waals surface area contributed by atoms with Gasteiger partial charge in [-0.15, -0.1) is 0 Å². The fourth-order valence-corrected chi connectivity index (χ4v) is 6.62. The minimum atomic E-state index is -3.85. The summed E-state index contributed by atoms with van der Waals surface area (Å²) in [5.74, 6) is -0.158. The third-order valence-electron chi connectivity index (χ3n) is 6.93. The van der Waals surface area contributed by atoms with Gasteiger partial charge in [-0.2, -0.15) is 4.31 Å². The van der Waals surface area contributed by atoms with Gasteiger partial charge in [-0.1, -0.05) is 61.0 Å². The van der Waals surface area contributed by atoms with Crippen LogP contribution in [0.5, 0.6) is 0 Å². The molecular formula is C29H33ClN2O4S. The van der Waals surface area contributed by atoms with Crippen LogP contribution in [0.25, 0.3) is 0 Å². The molecule has 0 spiro atoms. The highest BCUT2D eigenvalue weighted by atomic mass is 35.5. The first-order chi connectivity index (χ1) is 17.8. The number of hydrogen-bond acceptors (Lipinski definition) is 4. The Morgan fingerprint density at radius 2 is 1.59 bits per heavy atom. The summed E-state index contributed by atoms with van der Waals surface area (Å²) in [5.41, 5.74) is 2.22. The largest absolute Gasteiger partial charge is 0.393 e. The Balaban J connectivity index is 1.58. The highest BCUT2D eigenvalue weighted by Gasteiger charge is 2.32. The number of benzene rings is 3. The monoisotopic (exact) mass is 540 g/mol. The van der Waals surface area contributed by atoms with Crippen LogP contribution in [0.3, 0.4) is 0 Å². The third kappa shape index (κ3) is 6.79. The van der Waals surface area contributed by atoms with Crippen molar-refractivity contribution in [2.45, 2.75) is 68.7 Å². The standard InChI is InChI=1S/C29H33ClN2O4S/c1-2-28(22-6-4-3-5-7-22)32(37(35,36)27-18-12-24(30)13-19-27)20-21-8-10-23(11-9-21)29(34)31-25-14-16-26(33)17-15-25/h3-13,18-19,25-26,28,33H,2,14-17,20H2,1H3,(H,31,34)/t25?,26?,28-/m0/s1. The second kappa shape index (κ2) is 12.2. The molecule has 0 unspecified atom stereocenters. The number of sulfonamides is 1. The summed E-state index contributed by atoms with van der Waals surface area (Å²) in [4.78, 5) is 12.9. The lowest BCUT2D eigenvalue weighted by Gasteiger charge is -2.31. The van der Waals surface area contributed by atoms with Crippen LogP contribution in [-0.4, -0.2) is 35.9 Å². The quantitative estimate of drug-likeness (QED) is 0.363. The normalized spacial score (nSPS) is 18.9. The van der Waals surface area contributed by atoms with Crippen molar-refractivity contribution in [2.75, 3.05) is 0 Å². The highest BCUT2D eigenvalue weighted by Crippen LogP contribution is 2.32. The molecule has 3 aromatic carbocycles. The van der Waals surface area contributed by atoms with E-state index in [9.17, 15) is 18.3 Å². The van der Waals surface area contributed by atoms with Gasteiger partial charge in [0.1, 0.15) is 0 Å². The van der Waals surface area contributed by atoms with Crippen molar-refractivity contribution in [3.63, 3.8) is 0 Å². The van der Waals surface area contributed by atoms with Gasteiger partial charge in [0.15, 0.2) is 0 Å². The number of carbonyl (C=O) groups excluding carboxylic acids is 1. The number of hydrogen-bond donors (Lipinski definition) is 2. The van der Waals surface area contributed by atoms with E-state index in [2.05, 4.69) is 5.32 Å². The van der Waals surface area contributed by atoms with Gasteiger partial charge in [0, 0.05) is 23.2 Å². The van der Waals surface area contributed by atoms with E-state index in [1.165, 1.54) is 16.4 Å². The lowest BCUT2D eigenvalue weighted by Crippen LogP contribution is -2.38. The molecule has 196 valence electrons. The van der Waals surface area contributed by atoms with Crippen molar-refractivity contribution in [1.82, 2.24) is 9.62 Å². The first-order valence-corrected chi connectivity index (χ1v) is 14.5. The van der Waals surface area contributed by atoms with Gasteiger partial charge in [0.05, 0.1) is 17.0 Å². The van der Waals surface area contributed by atoms with E-state index < -0.39 is 10.0 Å². The number of aliphatic hydroxyl groups is 1. The second-order valence-corrected chi connectivity index (χ2v) is 11.8. The maximum absolute atomic E-state index is 13.8. The zero-order valence-corrected chi connectivity index (χ0v) is 22.5. The van der Waals surface area contributed by atoms with Gasteiger partial charge in [-0.3, -0.25) is 4.79 Å². The van der Waals surface area contributed by atoms with Crippen LogP contribution in [0.1, 0.15) is 66.6 Å². The topological polar surface area (TPSA) is 86.7 Å². The minimum Gasteiger partial charge on any atom is -0.393 e. The van der Waals surface area contributed by atoms with Crippen LogP contribution < -0.4 is 5.32 Å². The number of amides is 1. The molecular weight excluding hydrogens is 508 g/mol. The molecule has 1 saturated carbocycles. The van der Waals surface area contributed by atoms with Gasteiger partial charge in [-0.25, -0.2) is 8.42 Å². The summed E-state index contributed by atoms with van der Waals surface area (Å²) in [6.45, 7) is 2.13. The summed E-state index contributed by atoms with van der Waals surface area (Å²) < 4.78 is 29.2. The van der Waals surface area contributed by atoms with E-state index in [0.717, 1.165) is 24.0 Å². The fraction of sp³-hybridized carbons (Fsp3) is 0.345. The Morgan fingerprint density at radius 3 is 2.19 bits per heavy atom. The molecule has 0 bridgehead atoms. The van der Waals surface area contributed by atoms with E-state index in [4.69, 9.17) is 11.6 Å². The van der Waals surface area contributed by atoms with Crippen molar-refractivity contribution in [2.24, 2.45) is 0 Å². The Hall–Kier alpha value is -2.71. The molecule has 3 aromatic rings. The molecule has 8 heteroatoms. The summed E-state index contributed by atoms with van der Waals surface area (Å²) in [5, 5.41) is 13.2. The molecule has 1 aliphatic carbocycles. The molecule has 4 rings (SSSR count). The number of carbonyl (C=O) groups is 1. The Morgan fingerprint density at radius 1 is 0.973 bits per heavy atom. The van der Waals surface area contributed by atoms with Crippen molar-refractivity contribution in [3.8, 4) is 0 Å². The highest BCUT2D eigenvalue weighted by molar-refractivity contribution is 7.89. The number of halogens is 1. The van der Waals surface area contributed by atoms with Crippen LogP contribution in [0, 0.1) is 0 Å². The molecule has 2 N–H and O–H groups in total. The summed E-state index contributed by atoms with van der Waals surface area (Å²) in [6, 6.07) is 22.6. The number of nitrogens with zero attached hydrogens (tertiary/aromatic N) is 1. The zero-order valence-electron chi connectivity index (χ0n) is 20.9. The number of rotatable bonds is 9. The first-order valence-electron chi connectivity index (χ1n) is 12.7. The van der Waals surface area contributed by atoms with E-state index in [1.54, 1.807) is 24.3 Å². The smallest absolute Gasteiger partial charge is 0.251 e.